The molecule has 1 aromatic rings. The fourth-order valence-electron chi connectivity index (χ4n) is 3.09. The maximum atomic E-state index is 12.2. The molecule has 0 unspecified atom stereocenters. The lowest BCUT2D eigenvalue weighted by Gasteiger charge is -2.34. The van der Waals surface area contributed by atoms with Gasteiger partial charge in [-0.05, 0) is 25.0 Å². The number of nitrogens with one attached hydrogen (secondary N) is 1. The van der Waals surface area contributed by atoms with Gasteiger partial charge in [-0.15, -0.1) is 0 Å². The van der Waals surface area contributed by atoms with E-state index in [2.05, 4.69) is 10.2 Å². The second-order valence-electron chi connectivity index (χ2n) is 6.69. The number of ketones is 1. The van der Waals surface area contributed by atoms with Gasteiger partial charge in [-0.1, -0.05) is 12.1 Å². The minimum Gasteiger partial charge on any atom is -0.493 e. The lowest BCUT2D eigenvalue weighted by atomic mass is 10.3. The highest BCUT2D eigenvalue weighted by atomic mass is 16.5. The van der Waals surface area contributed by atoms with Crippen LogP contribution in [0.25, 0.3) is 0 Å². The van der Waals surface area contributed by atoms with Crippen LogP contribution in [0, 0.1) is 0 Å². The first-order chi connectivity index (χ1) is 13.1. The van der Waals surface area contributed by atoms with Gasteiger partial charge in [0.15, 0.2) is 18.1 Å². The number of methoxy groups -OCH3 is 1. The predicted molar refractivity (Wildman–Crippen MR) is 97.7 cm³/mol. The molecule has 1 aliphatic heterocycles. The van der Waals surface area contributed by atoms with E-state index >= 15 is 0 Å². The first kappa shape index (κ1) is 19.2. The number of hydrogen-bond donors (Lipinski definition) is 1. The van der Waals surface area contributed by atoms with Crippen LogP contribution in [0.5, 0.6) is 11.5 Å². The zero-order chi connectivity index (χ0) is 19.2. The number of para-hydroxylation sites is 2. The van der Waals surface area contributed by atoms with Crippen LogP contribution in [0.3, 0.4) is 0 Å². The maximum Gasteiger partial charge on any atom is 0.291 e. The van der Waals surface area contributed by atoms with Crippen molar-refractivity contribution in [2.45, 2.75) is 18.9 Å². The van der Waals surface area contributed by atoms with E-state index in [1.807, 2.05) is 0 Å². The molecular weight excluding hydrogens is 350 g/mol. The van der Waals surface area contributed by atoms with Crippen LogP contribution < -0.4 is 14.8 Å². The average Bonchev–Trinajstić information content (AvgIpc) is 3.55. The summed E-state index contributed by atoms with van der Waals surface area (Å²) >= 11 is 0. The largest absolute Gasteiger partial charge is 0.493 e. The second-order valence-corrected chi connectivity index (χ2v) is 6.69. The highest BCUT2D eigenvalue weighted by Gasteiger charge is 2.32. The second kappa shape index (κ2) is 8.85. The van der Waals surface area contributed by atoms with Gasteiger partial charge in [0.1, 0.15) is 0 Å². The summed E-state index contributed by atoms with van der Waals surface area (Å²) in [5, 5.41) is 2.39. The number of Topliss-reactive ketones (excluding diaryl/α,β-unsaturated/α-hetero) is 1. The lowest BCUT2D eigenvalue weighted by molar-refractivity contribution is -0.140. The first-order valence-electron chi connectivity index (χ1n) is 9.17. The summed E-state index contributed by atoms with van der Waals surface area (Å²) < 4.78 is 10.5. The Bertz CT molecular complexity index is 696. The van der Waals surface area contributed by atoms with E-state index in [4.69, 9.17) is 9.47 Å². The molecule has 0 bridgehead atoms. The Kier molecular flexibility index (Phi) is 6.28. The van der Waals surface area contributed by atoms with Gasteiger partial charge in [-0.2, -0.15) is 0 Å². The molecule has 0 spiro atoms. The van der Waals surface area contributed by atoms with Crippen LogP contribution in [0.1, 0.15) is 12.8 Å². The molecule has 1 aliphatic carbocycles. The standard InChI is InChI=1S/C19H25N3O5/c1-26-16-4-2-3-5-17(16)27-13-15(23)19(25)20-12-18(24)22-10-8-21(9-11-22)14-6-7-14/h2-5,14H,6-13H2,1H3,(H,20,25). The molecule has 1 aromatic carbocycles. The number of hydrogen-bond acceptors (Lipinski definition) is 6. The van der Waals surface area contributed by atoms with E-state index < -0.39 is 18.3 Å². The normalized spacial score (nSPS) is 17.3. The fraction of sp³-hybridized carbons (Fsp3) is 0.526. The zero-order valence-electron chi connectivity index (χ0n) is 15.5. The fourth-order valence-corrected chi connectivity index (χ4v) is 3.09. The Labute approximate surface area is 158 Å². The summed E-state index contributed by atoms with van der Waals surface area (Å²) in [6.07, 6.45) is 2.51. The summed E-state index contributed by atoms with van der Waals surface area (Å²) in [7, 11) is 1.49. The molecule has 8 heteroatoms. The topological polar surface area (TPSA) is 88.2 Å². The number of benzene rings is 1. The number of carbonyl (C=O) groups is 3. The zero-order valence-corrected chi connectivity index (χ0v) is 15.5. The summed E-state index contributed by atoms with van der Waals surface area (Å²) in [6, 6.07) is 7.55. The van der Waals surface area contributed by atoms with Gasteiger partial charge in [0.25, 0.3) is 11.7 Å². The van der Waals surface area contributed by atoms with Crippen LogP contribution in [0.15, 0.2) is 24.3 Å². The number of nitrogens with zero attached hydrogens (tertiary/aromatic N) is 2. The molecule has 146 valence electrons. The van der Waals surface area contributed by atoms with Gasteiger partial charge in [0.05, 0.1) is 13.7 Å². The maximum absolute atomic E-state index is 12.2. The van der Waals surface area contributed by atoms with Crippen molar-refractivity contribution in [1.29, 1.82) is 0 Å². The Morgan fingerprint density at radius 2 is 1.74 bits per heavy atom. The average molecular weight is 375 g/mol. The molecule has 0 atom stereocenters. The van der Waals surface area contributed by atoms with Crippen LogP contribution >= 0.6 is 0 Å². The molecule has 1 N–H and O–H groups in total. The first-order valence-corrected chi connectivity index (χ1v) is 9.17. The van der Waals surface area contributed by atoms with E-state index in [9.17, 15) is 14.4 Å². The molecule has 1 saturated heterocycles. The van der Waals surface area contributed by atoms with Crippen LogP contribution in [0.2, 0.25) is 0 Å². The van der Waals surface area contributed by atoms with Gasteiger partial charge in [0, 0.05) is 32.2 Å². The van der Waals surface area contributed by atoms with E-state index in [0.29, 0.717) is 30.6 Å². The summed E-state index contributed by atoms with van der Waals surface area (Å²) in [5.74, 6) is -0.878. The molecule has 1 saturated carbocycles. The minimum atomic E-state index is -0.824. The van der Waals surface area contributed by atoms with Crippen molar-refractivity contribution in [2.75, 3.05) is 46.4 Å². The number of carbonyl (C=O) groups excluding carboxylic acids is 3. The van der Waals surface area contributed by atoms with Crippen LogP contribution in [0.4, 0.5) is 0 Å². The van der Waals surface area contributed by atoms with Gasteiger partial charge >= 0.3 is 0 Å². The van der Waals surface area contributed by atoms with Crippen molar-refractivity contribution in [3.05, 3.63) is 24.3 Å². The van der Waals surface area contributed by atoms with Crippen LogP contribution in [-0.4, -0.2) is 79.9 Å². The number of amides is 2. The van der Waals surface area contributed by atoms with Crippen molar-refractivity contribution in [3.8, 4) is 11.5 Å². The lowest BCUT2D eigenvalue weighted by Crippen LogP contribution is -2.52. The van der Waals surface area contributed by atoms with E-state index in [1.54, 1.807) is 29.2 Å². The third-order valence-corrected chi connectivity index (χ3v) is 4.81. The van der Waals surface area contributed by atoms with Gasteiger partial charge in [-0.3, -0.25) is 19.3 Å². The molecule has 0 aromatic heterocycles. The number of rotatable bonds is 8. The number of ether oxygens (including phenoxy) is 2. The molecule has 3 rings (SSSR count). The molecule has 2 amide bonds. The molecule has 1 heterocycles. The minimum absolute atomic E-state index is 0.169. The van der Waals surface area contributed by atoms with Crippen LogP contribution in [-0.2, 0) is 14.4 Å². The Balaban J connectivity index is 1.38. The molecule has 27 heavy (non-hydrogen) atoms. The van der Waals surface area contributed by atoms with Gasteiger partial charge in [0.2, 0.25) is 5.91 Å². The van der Waals surface area contributed by atoms with Crippen molar-refractivity contribution < 1.29 is 23.9 Å². The number of piperazine rings is 1. The molecule has 2 aliphatic rings. The Hall–Kier alpha value is -2.61. The SMILES string of the molecule is COc1ccccc1OCC(=O)C(=O)NCC(=O)N1CCN(C2CC2)CC1. The van der Waals surface area contributed by atoms with Crippen molar-refractivity contribution in [3.63, 3.8) is 0 Å². The monoisotopic (exact) mass is 375 g/mol. The third kappa shape index (κ3) is 5.19. The van der Waals surface area contributed by atoms with Gasteiger partial charge in [-0.25, -0.2) is 0 Å². The highest BCUT2D eigenvalue weighted by molar-refractivity contribution is 6.37. The van der Waals surface area contributed by atoms with Crippen molar-refractivity contribution >= 4 is 17.6 Å². The molecule has 0 radical (unpaired) electrons. The predicted octanol–water partition coefficient (Wildman–Crippen LogP) is 0.0659. The summed E-state index contributed by atoms with van der Waals surface area (Å²) in [4.78, 5) is 40.2. The third-order valence-electron chi connectivity index (χ3n) is 4.81. The Morgan fingerprint density at radius 1 is 1.07 bits per heavy atom. The van der Waals surface area contributed by atoms with E-state index in [0.717, 1.165) is 13.1 Å². The van der Waals surface area contributed by atoms with Crippen molar-refractivity contribution in [2.24, 2.45) is 0 Å². The molecular formula is C19H25N3O5. The Morgan fingerprint density at radius 3 is 2.37 bits per heavy atom. The van der Waals surface area contributed by atoms with E-state index in [1.165, 1.54) is 20.0 Å². The van der Waals surface area contributed by atoms with E-state index in [-0.39, 0.29) is 12.5 Å². The highest BCUT2D eigenvalue weighted by Crippen LogP contribution is 2.27. The summed E-state index contributed by atoms with van der Waals surface area (Å²) in [5.41, 5.74) is 0. The molecule has 8 nitrogen and oxygen atoms in total. The van der Waals surface area contributed by atoms with Gasteiger partial charge < -0.3 is 19.7 Å². The smallest absolute Gasteiger partial charge is 0.291 e. The molecule has 2 fully saturated rings. The van der Waals surface area contributed by atoms with Crippen molar-refractivity contribution in [1.82, 2.24) is 15.1 Å². The summed E-state index contributed by atoms with van der Waals surface area (Å²) in [6.45, 7) is 2.47. The quantitative estimate of drug-likeness (QED) is 0.647.